The van der Waals surface area contributed by atoms with E-state index in [9.17, 15) is 9.59 Å². The third-order valence-electron chi connectivity index (χ3n) is 5.11. The second-order valence-electron chi connectivity index (χ2n) is 6.46. The predicted molar refractivity (Wildman–Crippen MR) is 89.1 cm³/mol. The Morgan fingerprint density at radius 2 is 1.83 bits per heavy atom. The predicted octanol–water partition coefficient (Wildman–Crippen LogP) is 1.56. The average Bonchev–Trinajstić information content (AvgIpc) is 3.12. The van der Waals surface area contributed by atoms with Crippen LogP contribution >= 0.6 is 11.6 Å². The van der Waals surface area contributed by atoms with Crippen molar-refractivity contribution in [3.8, 4) is 0 Å². The maximum Gasteiger partial charge on any atom is 0.252 e. The number of hydrogen-bond acceptors (Lipinski definition) is 3. The second-order valence-corrected chi connectivity index (χ2v) is 6.87. The molecule has 2 amide bonds. The highest BCUT2D eigenvalue weighted by Gasteiger charge is 2.48. The summed E-state index contributed by atoms with van der Waals surface area (Å²) in [5.74, 6) is 0.676. The van der Waals surface area contributed by atoms with Gasteiger partial charge in [0.1, 0.15) is 0 Å². The van der Waals surface area contributed by atoms with Gasteiger partial charge in [0.05, 0.1) is 16.5 Å². The lowest BCUT2D eigenvalue weighted by atomic mass is 9.84. The molecule has 2 fully saturated rings. The monoisotopic (exact) mass is 335 g/mol. The van der Waals surface area contributed by atoms with Gasteiger partial charge in [0.15, 0.2) is 0 Å². The zero-order chi connectivity index (χ0) is 16.4. The molecule has 124 valence electrons. The first-order chi connectivity index (χ1) is 11.1. The van der Waals surface area contributed by atoms with E-state index in [4.69, 9.17) is 17.3 Å². The number of rotatable bonds is 5. The van der Waals surface area contributed by atoms with Crippen molar-refractivity contribution in [2.24, 2.45) is 23.5 Å². The van der Waals surface area contributed by atoms with Crippen molar-refractivity contribution in [1.29, 1.82) is 0 Å². The van der Waals surface area contributed by atoms with Crippen molar-refractivity contribution >= 4 is 23.4 Å². The third kappa shape index (κ3) is 3.35. The summed E-state index contributed by atoms with van der Waals surface area (Å²) < 4.78 is 0. The summed E-state index contributed by atoms with van der Waals surface area (Å²) in [5.41, 5.74) is 6.61. The Hall–Kier alpha value is -1.59. The number of nitrogens with two attached hydrogens (primary N) is 1. The summed E-state index contributed by atoms with van der Waals surface area (Å²) in [6, 6.07) is 6.88. The van der Waals surface area contributed by atoms with Crippen LogP contribution in [-0.4, -0.2) is 30.9 Å². The molecule has 4 atom stereocenters. The topological polar surface area (TPSA) is 84.2 Å². The van der Waals surface area contributed by atoms with Crippen LogP contribution in [0.1, 0.15) is 29.6 Å². The number of carbonyl (C=O) groups excluding carboxylic acids is 2. The first-order valence-electron chi connectivity index (χ1n) is 8.14. The molecule has 2 aliphatic rings. The Morgan fingerprint density at radius 3 is 2.52 bits per heavy atom. The highest BCUT2D eigenvalue weighted by atomic mass is 35.5. The summed E-state index contributed by atoms with van der Waals surface area (Å²) in [6.07, 6.45) is 3.35. The first kappa shape index (κ1) is 16.3. The van der Waals surface area contributed by atoms with E-state index >= 15 is 0 Å². The summed E-state index contributed by atoms with van der Waals surface area (Å²) in [4.78, 5) is 24.3. The van der Waals surface area contributed by atoms with Crippen LogP contribution in [0.4, 0.5) is 0 Å². The molecule has 0 radical (unpaired) electrons. The standard InChI is InChI=1S/C17H22ClN3O2/c18-13-4-2-1-3-12(13)16(22)20-7-8-21-17(23)14-10-5-6-11(9-10)15(14)19/h1-4,10-11,14-15H,5-9,19H2,(H,20,22)(H,21,23). The average molecular weight is 336 g/mol. The number of amides is 2. The number of nitrogens with one attached hydrogen (secondary N) is 2. The fraction of sp³-hybridized carbons (Fsp3) is 0.529. The van der Waals surface area contributed by atoms with E-state index in [0.29, 0.717) is 35.5 Å². The van der Waals surface area contributed by atoms with Gasteiger partial charge in [-0.2, -0.15) is 0 Å². The highest BCUT2D eigenvalue weighted by Crippen LogP contribution is 2.47. The van der Waals surface area contributed by atoms with Crippen molar-refractivity contribution in [3.63, 3.8) is 0 Å². The van der Waals surface area contributed by atoms with E-state index in [1.165, 1.54) is 0 Å². The van der Waals surface area contributed by atoms with Crippen LogP contribution in [0, 0.1) is 17.8 Å². The Morgan fingerprint density at radius 1 is 1.13 bits per heavy atom. The minimum atomic E-state index is -0.235. The van der Waals surface area contributed by atoms with Gasteiger partial charge in [-0.1, -0.05) is 23.7 Å². The molecule has 4 unspecified atom stereocenters. The molecule has 2 bridgehead atoms. The molecule has 23 heavy (non-hydrogen) atoms. The Kier molecular flexibility index (Phi) is 4.87. The smallest absolute Gasteiger partial charge is 0.252 e. The number of carbonyl (C=O) groups is 2. The van der Waals surface area contributed by atoms with Gasteiger partial charge in [0.2, 0.25) is 5.91 Å². The van der Waals surface area contributed by atoms with Crippen LogP contribution < -0.4 is 16.4 Å². The lowest BCUT2D eigenvalue weighted by molar-refractivity contribution is -0.127. The van der Waals surface area contributed by atoms with Crippen molar-refractivity contribution in [3.05, 3.63) is 34.9 Å². The summed E-state index contributed by atoms with van der Waals surface area (Å²) in [6.45, 7) is 0.765. The molecule has 4 N–H and O–H groups in total. The SMILES string of the molecule is NC1C2CCC(C2)C1C(=O)NCCNC(=O)c1ccccc1Cl. The third-order valence-corrected chi connectivity index (χ3v) is 5.44. The van der Waals surface area contributed by atoms with E-state index in [1.807, 2.05) is 0 Å². The van der Waals surface area contributed by atoms with Gasteiger partial charge in [-0.25, -0.2) is 0 Å². The Bertz CT molecular complexity index is 605. The van der Waals surface area contributed by atoms with Crippen LogP contribution in [0.3, 0.4) is 0 Å². The van der Waals surface area contributed by atoms with E-state index in [0.717, 1.165) is 19.3 Å². The molecule has 3 rings (SSSR count). The fourth-order valence-electron chi connectivity index (χ4n) is 3.94. The summed E-state index contributed by atoms with van der Waals surface area (Å²) in [7, 11) is 0. The summed E-state index contributed by atoms with van der Waals surface area (Å²) >= 11 is 5.98. The molecule has 2 aliphatic carbocycles. The van der Waals surface area contributed by atoms with Crippen LogP contribution in [-0.2, 0) is 4.79 Å². The van der Waals surface area contributed by atoms with Crippen LogP contribution in [0.25, 0.3) is 0 Å². The van der Waals surface area contributed by atoms with E-state index in [1.54, 1.807) is 24.3 Å². The zero-order valence-electron chi connectivity index (χ0n) is 12.9. The second kappa shape index (κ2) is 6.89. The van der Waals surface area contributed by atoms with Gasteiger partial charge in [0, 0.05) is 19.1 Å². The Balaban J connectivity index is 1.43. The molecule has 0 saturated heterocycles. The van der Waals surface area contributed by atoms with Crippen LogP contribution in [0.15, 0.2) is 24.3 Å². The van der Waals surface area contributed by atoms with Gasteiger partial charge in [-0.15, -0.1) is 0 Å². The molecule has 1 aromatic rings. The molecule has 0 heterocycles. The highest BCUT2D eigenvalue weighted by molar-refractivity contribution is 6.33. The molecule has 1 aromatic carbocycles. The fourth-order valence-corrected chi connectivity index (χ4v) is 4.17. The van der Waals surface area contributed by atoms with Gasteiger partial charge in [-0.3, -0.25) is 9.59 Å². The Labute approximate surface area is 141 Å². The van der Waals surface area contributed by atoms with Crippen LogP contribution in [0.5, 0.6) is 0 Å². The van der Waals surface area contributed by atoms with Crippen LogP contribution in [0.2, 0.25) is 5.02 Å². The van der Waals surface area contributed by atoms with Gasteiger partial charge >= 0.3 is 0 Å². The molecule has 0 aromatic heterocycles. The maximum atomic E-state index is 12.3. The molecular formula is C17H22ClN3O2. The number of halogens is 1. The van der Waals surface area contributed by atoms with E-state index in [2.05, 4.69) is 10.6 Å². The largest absolute Gasteiger partial charge is 0.354 e. The van der Waals surface area contributed by atoms with E-state index < -0.39 is 0 Å². The normalized spacial score (nSPS) is 28.6. The molecular weight excluding hydrogens is 314 g/mol. The first-order valence-corrected chi connectivity index (χ1v) is 8.51. The zero-order valence-corrected chi connectivity index (χ0v) is 13.7. The number of benzene rings is 1. The van der Waals surface area contributed by atoms with E-state index in [-0.39, 0.29) is 23.8 Å². The number of fused-ring (bicyclic) bond motifs is 2. The minimum Gasteiger partial charge on any atom is -0.354 e. The molecule has 0 aliphatic heterocycles. The minimum absolute atomic E-state index is 0.00790. The van der Waals surface area contributed by atoms with Crippen molar-refractivity contribution < 1.29 is 9.59 Å². The van der Waals surface area contributed by atoms with Gasteiger partial charge in [-0.05, 0) is 43.2 Å². The molecule has 6 heteroatoms. The lowest BCUT2D eigenvalue weighted by Crippen LogP contribution is -2.46. The van der Waals surface area contributed by atoms with Crippen molar-refractivity contribution in [1.82, 2.24) is 10.6 Å². The van der Waals surface area contributed by atoms with Gasteiger partial charge in [0.25, 0.3) is 5.91 Å². The molecule has 2 saturated carbocycles. The quantitative estimate of drug-likeness (QED) is 0.714. The van der Waals surface area contributed by atoms with Crippen molar-refractivity contribution in [2.75, 3.05) is 13.1 Å². The maximum absolute atomic E-state index is 12.3. The van der Waals surface area contributed by atoms with Crippen molar-refractivity contribution in [2.45, 2.75) is 25.3 Å². The lowest BCUT2D eigenvalue weighted by Gasteiger charge is -2.27. The molecule has 0 spiro atoms. The van der Waals surface area contributed by atoms with Gasteiger partial charge < -0.3 is 16.4 Å². The molecule has 5 nitrogen and oxygen atoms in total. The summed E-state index contributed by atoms with van der Waals surface area (Å²) in [5, 5.41) is 6.07. The number of hydrogen-bond donors (Lipinski definition) is 3.